The summed E-state index contributed by atoms with van der Waals surface area (Å²) in [6.45, 7) is 0. The fourth-order valence-corrected chi connectivity index (χ4v) is 3.59. The molecule has 6 heteroatoms. The van der Waals surface area contributed by atoms with Gasteiger partial charge in [-0.25, -0.2) is 4.39 Å². The van der Waals surface area contributed by atoms with E-state index in [2.05, 4.69) is 31.9 Å². The standard InChI is InChI=1S/C13H6Br2FNOS/c14-9-5-11(19-13(9)15)12(18)8(6-17)7-3-1-2-4-10(7)16/h1-5,8H. The molecule has 0 aliphatic heterocycles. The fourth-order valence-electron chi connectivity index (χ4n) is 1.59. The first kappa shape index (κ1) is 14.4. The topological polar surface area (TPSA) is 40.9 Å². The molecular weight excluding hydrogens is 397 g/mol. The van der Waals surface area contributed by atoms with Crippen LogP contribution in [-0.2, 0) is 0 Å². The molecule has 0 amide bonds. The summed E-state index contributed by atoms with van der Waals surface area (Å²) in [6.07, 6.45) is 0. The first-order valence-corrected chi connectivity index (χ1v) is 7.58. The van der Waals surface area contributed by atoms with Gasteiger partial charge in [0.1, 0.15) is 11.7 Å². The molecule has 0 N–H and O–H groups in total. The van der Waals surface area contributed by atoms with E-state index in [1.54, 1.807) is 12.1 Å². The minimum absolute atomic E-state index is 0.107. The summed E-state index contributed by atoms with van der Waals surface area (Å²) in [5.74, 6) is -2.07. The van der Waals surface area contributed by atoms with E-state index < -0.39 is 17.5 Å². The van der Waals surface area contributed by atoms with E-state index in [9.17, 15) is 9.18 Å². The Labute approximate surface area is 130 Å². The number of Topliss-reactive ketones (excluding diaryl/α,β-unsaturated/α-hetero) is 1. The van der Waals surface area contributed by atoms with Gasteiger partial charge >= 0.3 is 0 Å². The zero-order valence-electron chi connectivity index (χ0n) is 9.36. The van der Waals surface area contributed by atoms with Crippen LogP contribution in [-0.4, -0.2) is 5.78 Å². The van der Waals surface area contributed by atoms with Gasteiger partial charge < -0.3 is 0 Å². The van der Waals surface area contributed by atoms with Crippen molar-refractivity contribution in [2.45, 2.75) is 5.92 Å². The normalized spacial score (nSPS) is 11.9. The van der Waals surface area contributed by atoms with E-state index in [0.717, 1.165) is 8.26 Å². The average molecular weight is 403 g/mol. The van der Waals surface area contributed by atoms with Gasteiger partial charge in [0.05, 0.1) is 14.7 Å². The minimum Gasteiger partial charge on any atom is -0.291 e. The molecule has 0 saturated heterocycles. The molecule has 1 heterocycles. The van der Waals surface area contributed by atoms with E-state index in [1.165, 1.54) is 29.5 Å². The number of nitrogens with zero attached hydrogens (tertiary/aromatic N) is 1. The van der Waals surface area contributed by atoms with Gasteiger partial charge in [0, 0.05) is 10.0 Å². The van der Waals surface area contributed by atoms with Crippen LogP contribution in [0.15, 0.2) is 38.6 Å². The maximum atomic E-state index is 13.7. The summed E-state index contributed by atoms with van der Waals surface area (Å²) >= 11 is 7.78. The SMILES string of the molecule is N#CC(C(=O)c1cc(Br)c(Br)s1)c1ccccc1F. The van der Waals surface area contributed by atoms with Gasteiger partial charge in [0.2, 0.25) is 0 Å². The molecule has 1 aromatic heterocycles. The third kappa shape index (κ3) is 2.94. The monoisotopic (exact) mass is 401 g/mol. The summed E-state index contributed by atoms with van der Waals surface area (Å²) in [6, 6.07) is 9.33. The van der Waals surface area contributed by atoms with Crippen LogP contribution in [0.1, 0.15) is 21.2 Å². The number of hydrogen-bond donors (Lipinski definition) is 0. The van der Waals surface area contributed by atoms with E-state index in [0.29, 0.717) is 4.88 Å². The molecule has 1 aromatic carbocycles. The van der Waals surface area contributed by atoms with Crippen LogP contribution in [0.25, 0.3) is 0 Å². The molecule has 1 atom stereocenters. The third-order valence-electron chi connectivity index (χ3n) is 2.50. The zero-order chi connectivity index (χ0) is 14.0. The lowest BCUT2D eigenvalue weighted by molar-refractivity contribution is 0.0981. The van der Waals surface area contributed by atoms with Crippen LogP contribution in [0.2, 0.25) is 0 Å². The van der Waals surface area contributed by atoms with E-state index in [1.807, 2.05) is 6.07 Å². The van der Waals surface area contributed by atoms with Crippen LogP contribution in [0, 0.1) is 17.1 Å². The number of ketones is 1. The molecule has 0 bridgehead atoms. The highest BCUT2D eigenvalue weighted by Crippen LogP contribution is 2.35. The fraction of sp³-hybridized carbons (Fsp3) is 0.0769. The number of hydrogen-bond acceptors (Lipinski definition) is 3. The lowest BCUT2D eigenvalue weighted by atomic mass is 9.95. The molecule has 2 aromatic rings. The number of nitriles is 1. The highest BCUT2D eigenvalue weighted by molar-refractivity contribution is 9.13. The molecule has 0 radical (unpaired) electrons. The highest BCUT2D eigenvalue weighted by atomic mass is 79.9. The second-order valence-corrected chi connectivity index (χ2v) is 6.90. The molecule has 0 spiro atoms. The summed E-state index contributed by atoms with van der Waals surface area (Å²) in [5, 5.41) is 9.16. The maximum Gasteiger partial charge on any atom is 0.194 e. The summed E-state index contributed by atoms with van der Waals surface area (Å²) in [7, 11) is 0. The molecule has 1 unspecified atom stereocenters. The van der Waals surface area contributed by atoms with Gasteiger partial charge in [-0.05, 0) is 44.0 Å². The lowest BCUT2D eigenvalue weighted by Crippen LogP contribution is -2.11. The second-order valence-electron chi connectivity index (χ2n) is 3.68. The van der Waals surface area contributed by atoms with E-state index in [4.69, 9.17) is 5.26 Å². The molecule has 2 rings (SSSR count). The van der Waals surface area contributed by atoms with Crippen molar-refractivity contribution in [3.8, 4) is 6.07 Å². The van der Waals surface area contributed by atoms with Crippen molar-refractivity contribution < 1.29 is 9.18 Å². The van der Waals surface area contributed by atoms with Gasteiger partial charge in [-0.1, -0.05) is 18.2 Å². The molecule has 2 nitrogen and oxygen atoms in total. The Balaban J connectivity index is 2.41. The number of carbonyl (C=O) groups is 1. The summed E-state index contributed by atoms with van der Waals surface area (Å²) < 4.78 is 15.2. The van der Waals surface area contributed by atoms with Gasteiger partial charge in [-0.15, -0.1) is 11.3 Å². The molecule has 0 aliphatic rings. The molecule has 19 heavy (non-hydrogen) atoms. The Kier molecular flexibility index (Phi) is 4.50. The quantitative estimate of drug-likeness (QED) is 0.685. The van der Waals surface area contributed by atoms with Crippen molar-refractivity contribution in [1.82, 2.24) is 0 Å². The van der Waals surface area contributed by atoms with Crippen molar-refractivity contribution in [1.29, 1.82) is 5.26 Å². The second kappa shape index (κ2) is 5.95. The Hall–Kier alpha value is -1.03. The van der Waals surface area contributed by atoms with Gasteiger partial charge in [0.15, 0.2) is 5.78 Å². The molecule has 0 fully saturated rings. The number of halogens is 3. The molecule has 0 saturated carbocycles. The van der Waals surface area contributed by atoms with Crippen molar-refractivity contribution in [3.63, 3.8) is 0 Å². The van der Waals surface area contributed by atoms with Crippen LogP contribution in [0.5, 0.6) is 0 Å². The predicted molar refractivity (Wildman–Crippen MR) is 78.8 cm³/mol. The highest BCUT2D eigenvalue weighted by Gasteiger charge is 2.26. The first-order chi connectivity index (χ1) is 9.04. The smallest absolute Gasteiger partial charge is 0.194 e. The van der Waals surface area contributed by atoms with Crippen LogP contribution in [0.4, 0.5) is 4.39 Å². The van der Waals surface area contributed by atoms with Gasteiger partial charge in [-0.3, -0.25) is 4.79 Å². The van der Waals surface area contributed by atoms with Crippen molar-refractivity contribution in [2.75, 3.05) is 0 Å². The summed E-state index contributed by atoms with van der Waals surface area (Å²) in [4.78, 5) is 12.7. The van der Waals surface area contributed by atoms with E-state index in [-0.39, 0.29) is 5.56 Å². The Bertz CT molecular complexity index is 658. The Morgan fingerprint density at radius 2 is 2.05 bits per heavy atom. The molecule has 96 valence electrons. The van der Waals surface area contributed by atoms with Crippen molar-refractivity contribution in [3.05, 3.63) is 54.8 Å². The minimum atomic E-state index is -1.13. The zero-order valence-corrected chi connectivity index (χ0v) is 13.4. The van der Waals surface area contributed by atoms with Gasteiger partial charge in [-0.2, -0.15) is 5.26 Å². The Morgan fingerprint density at radius 3 is 2.58 bits per heavy atom. The predicted octanol–water partition coefficient (Wildman–Crippen LogP) is 4.90. The van der Waals surface area contributed by atoms with Crippen LogP contribution in [0.3, 0.4) is 0 Å². The third-order valence-corrected chi connectivity index (χ3v) is 5.77. The first-order valence-electron chi connectivity index (χ1n) is 5.17. The van der Waals surface area contributed by atoms with Crippen LogP contribution < -0.4 is 0 Å². The summed E-state index contributed by atoms with van der Waals surface area (Å²) in [5.41, 5.74) is 0.107. The van der Waals surface area contributed by atoms with E-state index >= 15 is 0 Å². The molecule has 0 aliphatic carbocycles. The van der Waals surface area contributed by atoms with Crippen molar-refractivity contribution >= 4 is 49.0 Å². The van der Waals surface area contributed by atoms with Crippen LogP contribution >= 0.6 is 43.2 Å². The maximum absolute atomic E-state index is 13.7. The number of thiophene rings is 1. The number of rotatable bonds is 3. The lowest BCUT2D eigenvalue weighted by Gasteiger charge is -2.07. The average Bonchev–Trinajstić information content (AvgIpc) is 2.73. The largest absolute Gasteiger partial charge is 0.291 e. The Morgan fingerprint density at radius 1 is 1.37 bits per heavy atom. The van der Waals surface area contributed by atoms with Crippen molar-refractivity contribution in [2.24, 2.45) is 0 Å². The van der Waals surface area contributed by atoms with Gasteiger partial charge in [0.25, 0.3) is 0 Å². The number of benzene rings is 1. The number of carbonyl (C=O) groups excluding carboxylic acids is 1. The molecular formula is C13H6Br2FNOS.